The maximum atomic E-state index is 5.20. The third-order valence-corrected chi connectivity index (χ3v) is 1.89. The van der Waals surface area contributed by atoms with E-state index >= 15 is 0 Å². The molecule has 0 spiro atoms. The first-order valence-corrected chi connectivity index (χ1v) is 4.30. The van der Waals surface area contributed by atoms with E-state index in [1.807, 2.05) is 18.2 Å². The molecule has 0 aromatic carbocycles. The molecule has 2 heterocycles. The average molecular weight is 178 g/mol. The first kappa shape index (κ1) is 8.13. The van der Waals surface area contributed by atoms with E-state index in [2.05, 4.69) is 5.32 Å². The van der Waals surface area contributed by atoms with Gasteiger partial charge in [0.05, 0.1) is 18.8 Å². The lowest BCUT2D eigenvalue weighted by atomic mass is 10.3. The Morgan fingerprint density at radius 3 is 2.85 bits per heavy atom. The molecule has 0 aliphatic carbocycles. The first-order valence-electron chi connectivity index (χ1n) is 4.30. The van der Waals surface area contributed by atoms with Crippen molar-refractivity contribution < 1.29 is 14.2 Å². The van der Waals surface area contributed by atoms with Crippen molar-refractivity contribution in [1.82, 2.24) is 0 Å². The van der Waals surface area contributed by atoms with Gasteiger partial charge in [0.15, 0.2) is 5.76 Å². The molecule has 3 nitrogen and oxygen atoms in total. The third-order valence-electron chi connectivity index (χ3n) is 1.89. The molecule has 0 bridgehead atoms. The Kier molecular flexibility index (Phi) is 2.48. The van der Waals surface area contributed by atoms with Crippen LogP contribution in [-0.2, 0) is 13.1 Å². The molecule has 2 N–H and O–H groups in total. The Morgan fingerprint density at radius 1 is 1.15 bits per heavy atom. The SMILES string of the molecule is c1coc(C[NH2+]Cc2ccoc2)c1. The Hall–Kier alpha value is -1.48. The molecule has 0 aliphatic rings. The quantitative estimate of drug-likeness (QED) is 0.762. The minimum Gasteiger partial charge on any atom is -0.472 e. The summed E-state index contributed by atoms with van der Waals surface area (Å²) in [4.78, 5) is 0. The topological polar surface area (TPSA) is 42.9 Å². The molecule has 0 atom stereocenters. The van der Waals surface area contributed by atoms with E-state index < -0.39 is 0 Å². The molecule has 0 unspecified atom stereocenters. The molecular weight excluding hydrogens is 166 g/mol. The second kappa shape index (κ2) is 3.96. The zero-order chi connectivity index (χ0) is 8.93. The van der Waals surface area contributed by atoms with Gasteiger partial charge in [0.1, 0.15) is 13.1 Å². The zero-order valence-electron chi connectivity index (χ0n) is 7.27. The van der Waals surface area contributed by atoms with Crippen molar-refractivity contribution in [2.24, 2.45) is 0 Å². The second-order valence-corrected chi connectivity index (χ2v) is 2.91. The van der Waals surface area contributed by atoms with Crippen LogP contribution < -0.4 is 5.32 Å². The number of furan rings is 2. The lowest BCUT2D eigenvalue weighted by molar-refractivity contribution is -0.688. The van der Waals surface area contributed by atoms with E-state index in [0.29, 0.717) is 0 Å². The van der Waals surface area contributed by atoms with Crippen LogP contribution in [0.15, 0.2) is 45.8 Å². The largest absolute Gasteiger partial charge is 0.472 e. The molecule has 0 aliphatic heterocycles. The molecule has 3 heteroatoms. The van der Waals surface area contributed by atoms with Crippen LogP contribution in [0.3, 0.4) is 0 Å². The molecule has 0 saturated carbocycles. The van der Waals surface area contributed by atoms with Crippen LogP contribution in [0.4, 0.5) is 0 Å². The van der Waals surface area contributed by atoms with Gasteiger partial charge in [-0.05, 0) is 18.2 Å². The lowest BCUT2D eigenvalue weighted by Crippen LogP contribution is -2.80. The van der Waals surface area contributed by atoms with Gasteiger partial charge in [-0.15, -0.1) is 0 Å². The Morgan fingerprint density at radius 2 is 2.15 bits per heavy atom. The monoisotopic (exact) mass is 178 g/mol. The summed E-state index contributed by atoms with van der Waals surface area (Å²) in [6, 6.07) is 5.85. The van der Waals surface area contributed by atoms with Gasteiger partial charge in [-0.25, -0.2) is 0 Å². The molecule has 0 radical (unpaired) electrons. The van der Waals surface area contributed by atoms with E-state index in [0.717, 1.165) is 18.8 Å². The van der Waals surface area contributed by atoms with Crippen LogP contribution in [0.2, 0.25) is 0 Å². The van der Waals surface area contributed by atoms with Gasteiger partial charge in [-0.1, -0.05) is 0 Å². The van der Waals surface area contributed by atoms with Crippen molar-refractivity contribution in [2.45, 2.75) is 13.1 Å². The highest BCUT2D eigenvalue weighted by Crippen LogP contribution is 1.98. The first-order chi connectivity index (χ1) is 6.45. The fraction of sp³-hybridized carbons (Fsp3) is 0.200. The van der Waals surface area contributed by atoms with Crippen LogP contribution in [0, 0.1) is 0 Å². The van der Waals surface area contributed by atoms with Crippen molar-refractivity contribution in [3.05, 3.63) is 48.3 Å². The van der Waals surface area contributed by atoms with Crippen LogP contribution in [0.25, 0.3) is 0 Å². The van der Waals surface area contributed by atoms with E-state index in [4.69, 9.17) is 8.83 Å². The highest BCUT2D eigenvalue weighted by atomic mass is 16.3. The number of quaternary nitrogens is 1. The number of hydrogen-bond donors (Lipinski definition) is 1. The molecule has 0 saturated heterocycles. The van der Waals surface area contributed by atoms with Crippen molar-refractivity contribution in [2.75, 3.05) is 0 Å². The summed E-state index contributed by atoms with van der Waals surface area (Å²) in [5.41, 5.74) is 1.20. The fourth-order valence-electron chi connectivity index (χ4n) is 1.22. The molecule has 2 aromatic heterocycles. The molecular formula is C10H12NO2+. The molecule has 2 aromatic rings. The predicted octanol–water partition coefficient (Wildman–Crippen LogP) is 1.14. The van der Waals surface area contributed by atoms with Crippen molar-refractivity contribution in [3.8, 4) is 0 Å². The van der Waals surface area contributed by atoms with Crippen molar-refractivity contribution in [1.29, 1.82) is 0 Å². The summed E-state index contributed by atoms with van der Waals surface area (Å²) < 4.78 is 10.2. The van der Waals surface area contributed by atoms with Crippen LogP contribution in [0.1, 0.15) is 11.3 Å². The van der Waals surface area contributed by atoms with Gasteiger partial charge >= 0.3 is 0 Å². The van der Waals surface area contributed by atoms with Crippen molar-refractivity contribution in [3.63, 3.8) is 0 Å². The fourth-order valence-corrected chi connectivity index (χ4v) is 1.22. The maximum Gasteiger partial charge on any atom is 0.157 e. The smallest absolute Gasteiger partial charge is 0.157 e. The number of nitrogens with two attached hydrogens (primary N) is 1. The summed E-state index contributed by atoms with van der Waals surface area (Å²) >= 11 is 0. The van der Waals surface area contributed by atoms with Crippen LogP contribution in [-0.4, -0.2) is 0 Å². The average Bonchev–Trinajstić information content (AvgIpc) is 2.75. The minimum atomic E-state index is 0.873. The molecule has 13 heavy (non-hydrogen) atoms. The van der Waals surface area contributed by atoms with Crippen molar-refractivity contribution >= 4 is 0 Å². The summed E-state index contributed by atoms with van der Waals surface area (Å²) in [5.74, 6) is 1.00. The van der Waals surface area contributed by atoms with E-state index in [-0.39, 0.29) is 0 Å². The van der Waals surface area contributed by atoms with E-state index in [9.17, 15) is 0 Å². The third kappa shape index (κ3) is 2.23. The zero-order valence-corrected chi connectivity index (χ0v) is 7.27. The van der Waals surface area contributed by atoms with Gasteiger partial charge in [0.2, 0.25) is 0 Å². The Balaban J connectivity index is 1.76. The summed E-state index contributed by atoms with van der Waals surface area (Å²) in [7, 11) is 0. The molecule has 2 rings (SSSR count). The summed E-state index contributed by atoms with van der Waals surface area (Å²) in [6.07, 6.45) is 5.15. The van der Waals surface area contributed by atoms with Gasteiger partial charge in [0.25, 0.3) is 0 Å². The highest BCUT2D eigenvalue weighted by molar-refractivity contribution is 5.02. The summed E-state index contributed by atoms with van der Waals surface area (Å²) in [6.45, 7) is 1.80. The Labute approximate surface area is 76.4 Å². The number of rotatable bonds is 4. The maximum absolute atomic E-state index is 5.20. The molecule has 0 amide bonds. The van der Waals surface area contributed by atoms with E-state index in [1.165, 1.54) is 5.56 Å². The number of hydrogen-bond acceptors (Lipinski definition) is 2. The van der Waals surface area contributed by atoms with Crippen LogP contribution in [0.5, 0.6) is 0 Å². The minimum absolute atomic E-state index is 0.873. The normalized spacial score (nSPS) is 10.5. The molecule has 68 valence electrons. The predicted molar refractivity (Wildman–Crippen MR) is 46.7 cm³/mol. The van der Waals surface area contributed by atoms with Crippen LogP contribution >= 0.6 is 0 Å². The van der Waals surface area contributed by atoms with Gasteiger partial charge in [-0.3, -0.25) is 0 Å². The van der Waals surface area contributed by atoms with Gasteiger partial charge < -0.3 is 14.2 Å². The molecule has 0 fully saturated rings. The Bertz CT molecular complexity index is 289. The van der Waals surface area contributed by atoms with E-state index in [1.54, 1.807) is 18.8 Å². The van der Waals surface area contributed by atoms with Gasteiger partial charge in [-0.2, -0.15) is 0 Å². The highest BCUT2D eigenvalue weighted by Gasteiger charge is 1.99. The lowest BCUT2D eigenvalue weighted by Gasteiger charge is -1.95. The summed E-state index contributed by atoms with van der Waals surface area (Å²) in [5, 5.41) is 2.17. The second-order valence-electron chi connectivity index (χ2n) is 2.91. The standard InChI is InChI=1S/C10H11NO2/c1-2-10(13-4-1)7-11-6-9-3-5-12-8-9/h1-5,8,11H,6-7H2/p+1. The van der Waals surface area contributed by atoms with Gasteiger partial charge in [0, 0.05) is 5.56 Å².